The van der Waals surface area contributed by atoms with Crippen molar-refractivity contribution in [2.75, 3.05) is 6.54 Å². The van der Waals surface area contributed by atoms with E-state index in [4.69, 9.17) is 5.11 Å². The number of fused-ring (bicyclic) bond motifs is 1. The van der Waals surface area contributed by atoms with E-state index in [-0.39, 0.29) is 6.54 Å². The van der Waals surface area contributed by atoms with E-state index in [1.54, 1.807) is 4.68 Å². The summed E-state index contributed by atoms with van der Waals surface area (Å²) in [6.45, 7) is 2.78. The van der Waals surface area contributed by atoms with Gasteiger partial charge in [0.15, 0.2) is 11.3 Å². The summed E-state index contributed by atoms with van der Waals surface area (Å²) in [5.41, 5.74) is 2.25. The van der Waals surface area contributed by atoms with Gasteiger partial charge in [-0.15, -0.1) is 0 Å². The molecule has 1 aromatic carbocycles. The average Bonchev–Trinajstić information content (AvgIpc) is 3.00. The maximum atomic E-state index is 12.6. The highest BCUT2D eigenvalue weighted by atomic mass is 16.4. The molecule has 2 aromatic rings. The molecule has 1 aliphatic rings. The predicted octanol–water partition coefficient (Wildman–Crippen LogP) is 1.62. The molecule has 26 heavy (non-hydrogen) atoms. The minimum Gasteiger partial charge on any atom is -0.479 e. The van der Waals surface area contributed by atoms with Crippen LogP contribution in [0, 0.1) is 6.92 Å². The molecule has 3 N–H and O–H groups in total. The average molecular weight is 357 g/mol. The quantitative estimate of drug-likeness (QED) is 0.754. The summed E-state index contributed by atoms with van der Waals surface area (Å²) in [7, 11) is 0. The lowest BCUT2D eigenvalue weighted by atomic mass is 9.95. The normalized spacial score (nSPS) is 15.8. The number of hydrogen-bond acceptors (Lipinski definition) is 4. The fourth-order valence-corrected chi connectivity index (χ4v) is 3.09. The Labute approximate surface area is 151 Å². The van der Waals surface area contributed by atoms with Crippen LogP contribution in [0.1, 0.15) is 47.1 Å². The number of hydrogen-bond donors (Lipinski definition) is 3. The van der Waals surface area contributed by atoms with E-state index in [0.717, 1.165) is 55.1 Å². The third-order valence-corrected chi connectivity index (χ3v) is 4.73. The van der Waals surface area contributed by atoms with Gasteiger partial charge in [-0.25, -0.2) is 9.48 Å². The van der Waals surface area contributed by atoms with E-state index in [9.17, 15) is 14.7 Å². The number of amides is 1. The molecule has 7 heteroatoms. The summed E-state index contributed by atoms with van der Waals surface area (Å²) in [5, 5.41) is 25.8. The largest absolute Gasteiger partial charge is 0.479 e. The molecule has 0 spiro atoms. The SMILES string of the molecule is Cc1ccc(-n2nc(C(=O)NCC(C)(O)C(=O)O)c3c2CCCC3)cc1. The molecule has 0 radical (unpaired) electrons. The number of carboxylic acid groups (broad SMARTS) is 1. The second kappa shape index (κ2) is 6.92. The van der Waals surface area contributed by atoms with Crippen LogP contribution in [0.15, 0.2) is 24.3 Å². The molecule has 0 saturated heterocycles. The highest BCUT2D eigenvalue weighted by molar-refractivity contribution is 5.94. The third kappa shape index (κ3) is 3.48. The lowest BCUT2D eigenvalue weighted by Gasteiger charge is -2.18. The zero-order valence-corrected chi connectivity index (χ0v) is 15.0. The predicted molar refractivity (Wildman–Crippen MR) is 95.5 cm³/mol. The number of benzene rings is 1. The van der Waals surface area contributed by atoms with Gasteiger partial charge in [0.25, 0.3) is 5.91 Å². The van der Waals surface area contributed by atoms with E-state index in [0.29, 0.717) is 5.69 Å². The number of aryl methyl sites for hydroxylation is 1. The van der Waals surface area contributed by atoms with Crippen molar-refractivity contribution >= 4 is 11.9 Å². The maximum absolute atomic E-state index is 12.6. The number of aliphatic carboxylic acids is 1. The minimum atomic E-state index is -2.02. The van der Waals surface area contributed by atoms with Crippen molar-refractivity contribution in [2.45, 2.75) is 45.1 Å². The van der Waals surface area contributed by atoms with Crippen LogP contribution in [-0.4, -0.2) is 44.0 Å². The third-order valence-electron chi connectivity index (χ3n) is 4.73. The highest BCUT2D eigenvalue weighted by Gasteiger charge is 2.32. The van der Waals surface area contributed by atoms with Crippen molar-refractivity contribution in [1.29, 1.82) is 0 Å². The number of aliphatic hydroxyl groups is 1. The molecule has 1 aliphatic carbocycles. The number of carbonyl (C=O) groups excluding carboxylic acids is 1. The Balaban J connectivity index is 1.91. The topological polar surface area (TPSA) is 104 Å². The first kappa shape index (κ1) is 18.1. The monoisotopic (exact) mass is 357 g/mol. The molecular weight excluding hydrogens is 334 g/mol. The number of aromatic nitrogens is 2. The summed E-state index contributed by atoms with van der Waals surface area (Å²) < 4.78 is 1.80. The van der Waals surface area contributed by atoms with E-state index in [1.165, 1.54) is 0 Å². The van der Waals surface area contributed by atoms with E-state index >= 15 is 0 Å². The van der Waals surface area contributed by atoms with E-state index < -0.39 is 17.5 Å². The minimum absolute atomic E-state index is 0.307. The lowest BCUT2D eigenvalue weighted by Crippen LogP contribution is -2.46. The molecule has 1 heterocycles. The van der Waals surface area contributed by atoms with Crippen LogP contribution in [0.25, 0.3) is 5.69 Å². The highest BCUT2D eigenvalue weighted by Crippen LogP contribution is 2.27. The Hall–Kier alpha value is -2.67. The molecule has 1 unspecified atom stereocenters. The van der Waals surface area contributed by atoms with Gasteiger partial charge < -0.3 is 15.5 Å². The molecule has 138 valence electrons. The summed E-state index contributed by atoms with van der Waals surface area (Å²) in [6.07, 6.45) is 3.63. The first-order chi connectivity index (χ1) is 12.3. The van der Waals surface area contributed by atoms with Crippen molar-refractivity contribution in [2.24, 2.45) is 0 Å². The van der Waals surface area contributed by atoms with Crippen LogP contribution in [0.4, 0.5) is 0 Å². The van der Waals surface area contributed by atoms with Crippen molar-refractivity contribution in [1.82, 2.24) is 15.1 Å². The molecule has 0 fully saturated rings. The van der Waals surface area contributed by atoms with E-state index in [1.807, 2.05) is 31.2 Å². The van der Waals surface area contributed by atoms with Crippen LogP contribution in [0.2, 0.25) is 0 Å². The van der Waals surface area contributed by atoms with Crippen LogP contribution >= 0.6 is 0 Å². The van der Waals surface area contributed by atoms with Crippen LogP contribution in [-0.2, 0) is 17.6 Å². The standard InChI is InChI=1S/C19H23N3O4/c1-12-7-9-13(10-8-12)22-15-6-4-3-5-14(15)16(21-22)17(23)20-11-19(2,26)18(24)25/h7-10,26H,3-6,11H2,1-2H3,(H,20,23)(H,24,25). The molecule has 0 aliphatic heterocycles. The Kier molecular flexibility index (Phi) is 4.82. The molecular formula is C19H23N3O4. The Morgan fingerprint density at radius 2 is 1.88 bits per heavy atom. The first-order valence-electron chi connectivity index (χ1n) is 8.71. The van der Waals surface area contributed by atoms with Gasteiger partial charge in [0.1, 0.15) is 0 Å². The summed E-state index contributed by atoms with van der Waals surface area (Å²) in [6, 6.07) is 7.92. The zero-order valence-electron chi connectivity index (χ0n) is 15.0. The van der Waals surface area contributed by atoms with Crippen molar-refractivity contribution in [3.8, 4) is 5.69 Å². The lowest BCUT2D eigenvalue weighted by molar-refractivity contribution is -0.155. The Bertz CT molecular complexity index is 837. The Morgan fingerprint density at radius 1 is 1.23 bits per heavy atom. The van der Waals surface area contributed by atoms with Gasteiger partial charge in [-0.2, -0.15) is 5.10 Å². The molecule has 0 bridgehead atoms. The fraction of sp³-hybridized carbons (Fsp3) is 0.421. The number of carboxylic acids is 1. The summed E-state index contributed by atoms with van der Waals surface area (Å²) >= 11 is 0. The summed E-state index contributed by atoms with van der Waals surface area (Å²) in [4.78, 5) is 23.6. The second-order valence-electron chi connectivity index (χ2n) is 6.99. The molecule has 0 saturated carbocycles. The number of rotatable bonds is 5. The van der Waals surface area contributed by atoms with Gasteiger partial charge in [0.05, 0.1) is 12.2 Å². The molecule has 1 atom stereocenters. The van der Waals surface area contributed by atoms with Gasteiger partial charge in [0.2, 0.25) is 0 Å². The second-order valence-corrected chi connectivity index (χ2v) is 6.99. The number of nitrogens with zero attached hydrogens (tertiary/aromatic N) is 2. The fourth-order valence-electron chi connectivity index (χ4n) is 3.09. The molecule has 7 nitrogen and oxygen atoms in total. The number of carbonyl (C=O) groups is 2. The molecule has 1 amide bonds. The van der Waals surface area contributed by atoms with Gasteiger partial charge >= 0.3 is 5.97 Å². The maximum Gasteiger partial charge on any atom is 0.337 e. The number of nitrogens with one attached hydrogen (secondary N) is 1. The molecule has 3 rings (SSSR count). The first-order valence-corrected chi connectivity index (χ1v) is 8.71. The van der Waals surface area contributed by atoms with Crippen LogP contribution in [0.5, 0.6) is 0 Å². The van der Waals surface area contributed by atoms with Crippen molar-refractivity contribution in [3.63, 3.8) is 0 Å². The molecule has 1 aromatic heterocycles. The van der Waals surface area contributed by atoms with Crippen LogP contribution < -0.4 is 5.32 Å². The zero-order chi connectivity index (χ0) is 18.9. The van der Waals surface area contributed by atoms with Crippen molar-refractivity contribution < 1.29 is 19.8 Å². The van der Waals surface area contributed by atoms with E-state index in [2.05, 4.69) is 10.4 Å². The van der Waals surface area contributed by atoms with Crippen molar-refractivity contribution in [3.05, 3.63) is 46.8 Å². The van der Waals surface area contributed by atoms with Gasteiger partial charge in [-0.05, 0) is 51.7 Å². The van der Waals surface area contributed by atoms with Crippen LogP contribution in [0.3, 0.4) is 0 Å². The van der Waals surface area contributed by atoms with Gasteiger partial charge in [0, 0.05) is 11.3 Å². The van der Waals surface area contributed by atoms with Gasteiger partial charge in [-0.3, -0.25) is 4.79 Å². The smallest absolute Gasteiger partial charge is 0.337 e. The van der Waals surface area contributed by atoms with Gasteiger partial charge in [-0.1, -0.05) is 17.7 Å². The summed E-state index contributed by atoms with van der Waals surface area (Å²) in [5.74, 6) is -1.85. The Morgan fingerprint density at radius 3 is 2.54 bits per heavy atom.